The molecular formula is C17H25FN3O3S+. The third kappa shape index (κ3) is 4.49. The number of hydrogen-bond donors (Lipinski definition) is 2. The summed E-state index contributed by atoms with van der Waals surface area (Å²) in [6.07, 6.45) is 0.508. The van der Waals surface area contributed by atoms with Crippen LogP contribution in [-0.2, 0) is 14.6 Å². The molecule has 138 valence electrons. The Labute approximate surface area is 147 Å². The molecule has 0 aromatic heterocycles. The molecule has 25 heavy (non-hydrogen) atoms. The fourth-order valence-electron chi connectivity index (χ4n) is 3.56. The van der Waals surface area contributed by atoms with Gasteiger partial charge in [0.1, 0.15) is 5.82 Å². The van der Waals surface area contributed by atoms with E-state index in [2.05, 4.69) is 10.2 Å². The van der Waals surface area contributed by atoms with Gasteiger partial charge in [0, 0.05) is 11.7 Å². The summed E-state index contributed by atoms with van der Waals surface area (Å²) >= 11 is 0. The summed E-state index contributed by atoms with van der Waals surface area (Å²) < 4.78 is 36.0. The molecule has 2 N–H and O–H groups in total. The summed E-state index contributed by atoms with van der Waals surface area (Å²) in [6, 6.07) is 6.01. The third-order valence-corrected chi connectivity index (χ3v) is 6.95. The van der Waals surface area contributed by atoms with Gasteiger partial charge in [0.25, 0.3) is 5.91 Å². The van der Waals surface area contributed by atoms with Gasteiger partial charge in [-0.15, -0.1) is 0 Å². The molecule has 0 aliphatic carbocycles. The van der Waals surface area contributed by atoms with Gasteiger partial charge in [-0.1, -0.05) is 0 Å². The number of carbonyl (C=O) groups excluding carboxylic acids is 1. The number of quaternary nitrogens is 1. The van der Waals surface area contributed by atoms with E-state index in [9.17, 15) is 17.6 Å². The Morgan fingerprint density at radius 1 is 1.28 bits per heavy atom. The van der Waals surface area contributed by atoms with Gasteiger partial charge in [0.15, 0.2) is 15.9 Å². The summed E-state index contributed by atoms with van der Waals surface area (Å²) in [5, 5.41) is 2.89. The lowest BCUT2D eigenvalue weighted by Crippen LogP contribution is -3.19. The molecule has 1 aromatic carbocycles. The zero-order valence-corrected chi connectivity index (χ0v) is 15.2. The molecular weight excluding hydrogens is 345 g/mol. The lowest BCUT2D eigenvalue weighted by atomic mass is 10.1. The third-order valence-electron chi connectivity index (χ3n) is 5.18. The molecule has 2 atom stereocenters. The number of halogens is 1. The Balaban J connectivity index is 1.50. The first kappa shape index (κ1) is 18.1. The van der Waals surface area contributed by atoms with E-state index >= 15 is 0 Å². The van der Waals surface area contributed by atoms with E-state index in [0.29, 0.717) is 6.42 Å². The Bertz CT molecular complexity index is 715. The predicted octanol–water partition coefficient (Wildman–Crippen LogP) is -0.778. The zero-order chi connectivity index (χ0) is 18.0. The minimum absolute atomic E-state index is 0.0547. The monoisotopic (exact) mass is 370 g/mol. The van der Waals surface area contributed by atoms with E-state index in [0.717, 1.165) is 31.9 Å². The van der Waals surface area contributed by atoms with Crippen LogP contribution in [0, 0.1) is 5.82 Å². The molecule has 6 nitrogen and oxygen atoms in total. The predicted molar refractivity (Wildman–Crippen MR) is 94.0 cm³/mol. The van der Waals surface area contributed by atoms with E-state index in [-0.39, 0.29) is 35.3 Å². The van der Waals surface area contributed by atoms with Gasteiger partial charge in [0.2, 0.25) is 0 Å². The molecule has 0 saturated carbocycles. The molecule has 8 heteroatoms. The Morgan fingerprint density at radius 2 is 1.92 bits per heavy atom. The van der Waals surface area contributed by atoms with Crippen molar-refractivity contribution in [3.8, 4) is 0 Å². The molecule has 2 saturated heterocycles. The lowest BCUT2D eigenvalue weighted by Gasteiger charge is -2.36. The first-order valence-corrected chi connectivity index (χ1v) is 10.5. The molecule has 3 rings (SSSR count). The summed E-state index contributed by atoms with van der Waals surface area (Å²) in [5.41, 5.74) is 0.994. The van der Waals surface area contributed by atoms with Crippen LogP contribution in [0.1, 0.15) is 13.3 Å². The minimum atomic E-state index is -2.99. The quantitative estimate of drug-likeness (QED) is 0.730. The highest BCUT2D eigenvalue weighted by atomic mass is 32.2. The molecule has 2 aliphatic heterocycles. The van der Waals surface area contributed by atoms with E-state index in [1.165, 1.54) is 17.0 Å². The second-order valence-corrected chi connectivity index (χ2v) is 9.18. The summed E-state index contributed by atoms with van der Waals surface area (Å²) in [6.45, 7) is 5.12. The van der Waals surface area contributed by atoms with Gasteiger partial charge in [-0.2, -0.15) is 0 Å². The largest absolute Gasteiger partial charge is 0.360 e. The highest BCUT2D eigenvalue weighted by molar-refractivity contribution is 7.91. The molecule has 2 heterocycles. The molecule has 0 spiro atoms. The number of benzene rings is 1. The number of amides is 1. The number of sulfone groups is 1. The van der Waals surface area contributed by atoms with E-state index < -0.39 is 9.84 Å². The van der Waals surface area contributed by atoms with Gasteiger partial charge in [-0.3, -0.25) is 4.79 Å². The second kappa shape index (κ2) is 7.29. The van der Waals surface area contributed by atoms with Crippen molar-refractivity contribution in [3.63, 3.8) is 0 Å². The van der Waals surface area contributed by atoms with Crippen LogP contribution in [0.25, 0.3) is 0 Å². The Morgan fingerprint density at radius 3 is 2.48 bits per heavy atom. The maximum Gasteiger partial charge on any atom is 0.278 e. The SMILES string of the molecule is C[C@H](C(=O)N[C@@H]1CCS(=O)(=O)C1)[NH+]1CCN(c2ccc(F)cc2)CC1. The van der Waals surface area contributed by atoms with Gasteiger partial charge in [-0.25, -0.2) is 12.8 Å². The first-order chi connectivity index (χ1) is 11.8. The van der Waals surface area contributed by atoms with Crippen LogP contribution in [0.2, 0.25) is 0 Å². The minimum Gasteiger partial charge on any atom is -0.360 e. The van der Waals surface area contributed by atoms with Crippen LogP contribution in [0.5, 0.6) is 0 Å². The summed E-state index contributed by atoms with van der Waals surface area (Å²) in [5.74, 6) is -0.103. The van der Waals surface area contributed by atoms with Crippen molar-refractivity contribution in [1.82, 2.24) is 5.32 Å². The van der Waals surface area contributed by atoms with Crippen LogP contribution in [-0.4, -0.2) is 64.1 Å². The molecule has 0 radical (unpaired) electrons. The van der Waals surface area contributed by atoms with Crippen molar-refractivity contribution < 1.29 is 22.5 Å². The number of anilines is 1. The normalized spacial score (nSPS) is 24.9. The van der Waals surface area contributed by atoms with Gasteiger partial charge >= 0.3 is 0 Å². The second-order valence-electron chi connectivity index (χ2n) is 6.95. The standard InChI is InChI=1S/C17H24FN3O3S/c1-13(17(22)19-15-6-11-25(23,24)12-15)20-7-9-21(10-8-20)16-4-2-14(18)3-5-16/h2-5,13,15H,6-12H2,1H3,(H,19,22)/p+1/t13-,15-/m1/s1. The molecule has 1 aromatic rings. The number of rotatable bonds is 4. The van der Waals surface area contributed by atoms with Crippen LogP contribution in [0.15, 0.2) is 24.3 Å². The van der Waals surface area contributed by atoms with Crippen LogP contribution >= 0.6 is 0 Å². The van der Waals surface area contributed by atoms with Crippen molar-refractivity contribution in [1.29, 1.82) is 0 Å². The maximum atomic E-state index is 13.0. The average molecular weight is 370 g/mol. The Kier molecular flexibility index (Phi) is 5.29. The van der Waals surface area contributed by atoms with E-state index in [1.807, 2.05) is 6.92 Å². The van der Waals surface area contributed by atoms with Crippen molar-refractivity contribution in [2.45, 2.75) is 25.4 Å². The molecule has 0 unspecified atom stereocenters. The maximum absolute atomic E-state index is 13.0. The smallest absolute Gasteiger partial charge is 0.278 e. The lowest BCUT2D eigenvalue weighted by molar-refractivity contribution is -0.914. The molecule has 0 bridgehead atoms. The van der Waals surface area contributed by atoms with Gasteiger partial charge in [-0.05, 0) is 37.6 Å². The number of hydrogen-bond acceptors (Lipinski definition) is 4. The van der Waals surface area contributed by atoms with Crippen LogP contribution in [0.4, 0.5) is 10.1 Å². The highest BCUT2D eigenvalue weighted by Crippen LogP contribution is 2.14. The van der Waals surface area contributed by atoms with Gasteiger partial charge in [0.05, 0.1) is 37.7 Å². The van der Waals surface area contributed by atoms with Crippen molar-refractivity contribution in [3.05, 3.63) is 30.1 Å². The number of piperazine rings is 1. The van der Waals surface area contributed by atoms with Crippen molar-refractivity contribution in [2.75, 3.05) is 42.6 Å². The number of nitrogens with zero attached hydrogens (tertiary/aromatic N) is 1. The number of carbonyl (C=O) groups is 1. The number of nitrogens with one attached hydrogen (secondary N) is 2. The fraction of sp³-hybridized carbons (Fsp3) is 0.588. The topological polar surface area (TPSA) is 70.9 Å². The molecule has 1 amide bonds. The molecule has 2 fully saturated rings. The Hall–Kier alpha value is -1.67. The van der Waals surface area contributed by atoms with Crippen molar-refractivity contribution in [2.24, 2.45) is 0 Å². The van der Waals surface area contributed by atoms with Crippen molar-refractivity contribution >= 4 is 21.4 Å². The van der Waals surface area contributed by atoms with Gasteiger partial charge < -0.3 is 15.1 Å². The van der Waals surface area contributed by atoms with E-state index in [1.54, 1.807) is 12.1 Å². The summed E-state index contributed by atoms with van der Waals surface area (Å²) in [7, 11) is -2.99. The average Bonchev–Trinajstić information content (AvgIpc) is 2.93. The zero-order valence-electron chi connectivity index (χ0n) is 14.4. The first-order valence-electron chi connectivity index (χ1n) is 8.70. The highest BCUT2D eigenvalue weighted by Gasteiger charge is 2.33. The van der Waals surface area contributed by atoms with E-state index in [4.69, 9.17) is 0 Å². The molecule has 2 aliphatic rings. The van der Waals surface area contributed by atoms with Crippen LogP contribution in [0.3, 0.4) is 0 Å². The summed E-state index contributed by atoms with van der Waals surface area (Å²) in [4.78, 5) is 15.8. The fourth-order valence-corrected chi connectivity index (χ4v) is 5.23. The van der Waals surface area contributed by atoms with Crippen LogP contribution < -0.4 is 15.1 Å².